The summed E-state index contributed by atoms with van der Waals surface area (Å²) in [5.74, 6) is -2.49. The predicted octanol–water partition coefficient (Wildman–Crippen LogP) is 2.76. The molecule has 1 aromatic heterocycles. The van der Waals surface area contributed by atoms with Crippen LogP contribution >= 0.6 is 11.3 Å². The lowest BCUT2D eigenvalue weighted by Crippen LogP contribution is -2.03. The van der Waals surface area contributed by atoms with Gasteiger partial charge in [-0.1, -0.05) is 18.2 Å². The van der Waals surface area contributed by atoms with Crippen molar-refractivity contribution in [2.75, 3.05) is 0 Å². The number of fused-ring (bicyclic) bond motifs is 1. The smallest absolute Gasteiger partial charge is 0.336 e. The molecule has 0 saturated heterocycles. The first-order valence-electron chi connectivity index (χ1n) is 5.17. The van der Waals surface area contributed by atoms with E-state index in [4.69, 9.17) is 10.2 Å². The van der Waals surface area contributed by atoms with E-state index >= 15 is 0 Å². The zero-order chi connectivity index (χ0) is 13.3. The highest BCUT2D eigenvalue weighted by molar-refractivity contribution is 7.19. The maximum Gasteiger partial charge on any atom is 0.336 e. The molecule has 0 bridgehead atoms. The minimum Gasteiger partial charge on any atom is -0.478 e. The van der Waals surface area contributed by atoms with Crippen LogP contribution in [0.1, 0.15) is 10.4 Å². The molecule has 0 fully saturated rings. The fourth-order valence-corrected chi connectivity index (χ4v) is 2.95. The SMILES string of the molecule is Cc1sc2ccccc2c1C(=CC(=O)O)C(=O)O. The van der Waals surface area contributed by atoms with Crippen LogP contribution < -0.4 is 0 Å². The van der Waals surface area contributed by atoms with Crippen LogP contribution in [0.25, 0.3) is 15.7 Å². The average Bonchev–Trinajstić information content (AvgIpc) is 2.61. The zero-order valence-corrected chi connectivity index (χ0v) is 10.3. The quantitative estimate of drug-likeness (QED) is 0.834. The molecule has 0 atom stereocenters. The molecular weight excluding hydrogens is 252 g/mol. The number of aryl methyl sites for hydroxylation is 1. The highest BCUT2D eigenvalue weighted by Crippen LogP contribution is 2.35. The lowest BCUT2D eigenvalue weighted by atomic mass is 10.0. The topological polar surface area (TPSA) is 74.6 Å². The van der Waals surface area contributed by atoms with Gasteiger partial charge in [-0.2, -0.15) is 0 Å². The lowest BCUT2D eigenvalue weighted by Gasteiger charge is -2.02. The summed E-state index contributed by atoms with van der Waals surface area (Å²) in [4.78, 5) is 22.7. The summed E-state index contributed by atoms with van der Waals surface area (Å²) in [7, 11) is 0. The molecule has 0 saturated carbocycles. The Balaban J connectivity index is 2.76. The molecule has 0 radical (unpaired) electrons. The van der Waals surface area contributed by atoms with Crippen molar-refractivity contribution < 1.29 is 19.8 Å². The minimum absolute atomic E-state index is 0.183. The molecule has 1 aromatic carbocycles. The van der Waals surface area contributed by atoms with Crippen LogP contribution in [0.4, 0.5) is 0 Å². The van der Waals surface area contributed by atoms with Crippen molar-refractivity contribution in [1.82, 2.24) is 0 Å². The molecule has 18 heavy (non-hydrogen) atoms. The van der Waals surface area contributed by atoms with Gasteiger partial charge in [0.05, 0.1) is 5.57 Å². The van der Waals surface area contributed by atoms with E-state index in [9.17, 15) is 9.59 Å². The Kier molecular flexibility index (Phi) is 3.16. The first-order valence-corrected chi connectivity index (χ1v) is 5.98. The normalized spacial score (nSPS) is 11.7. The Labute approximate surface area is 107 Å². The van der Waals surface area contributed by atoms with Crippen molar-refractivity contribution >= 4 is 38.9 Å². The van der Waals surface area contributed by atoms with Crippen molar-refractivity contribution in [3.63, 3.8) is 0 Å². The average molecular weight is 262 g/mol. The van der Waals surface area contributed by atoms with Gasteiger partial charge in [0.2, 0.25) is 0 Å². The Morgan fingerprint density at radius 1 is 1.22 bits per heavy atom. The van der Waals surface area contributed by atoms with Gasteiger partial charge in [-0.25, -0.2) is 9.59 Å². The van der Waals surface area contributed by atoms with Crippen LogP contribution in [0.5, 0.6) is 0 Å². The Morgan fingerprint density at radius 3 is 2.50 bits per heavy atom. The summed E-state index contributed by atoms with van der Waals surface area (Å²) < 4.78 is 0.947. The first-order chi connectivity index (χ1) is 8.50. The Morgan fingerprint density at radius 2 is 1.89 bits per heavy atom. The Bertz CT molecular complexity index is 667. The van der Waals surface area contributed by atoms with E-state index in [0.29, 0.717) is 5.56 Å². The number of benzene rings is 1. The lowest BCUT2D eigenvalue weighted by molar-refractivity contribution is -0.133. The summed E-state index contributed by atoms with van der Waals surface area (Å²) in [5.41, 5.74) is 0.308. The molecule has 0 aliphatic heterocycles. The molecule has 0 unspecified atom stereocenters. The van der Waals surface area contributed by atoms with Gasteiger partial charge in [-0.15, -0.1) is 11.3 Å². The maximum absolute atomic E-state index is 11.2. The summed E-state index contributed by atoms with van der Waals surface area (Å²) in [6.07, 6.45) is 0.740. The zero-order valence-electron chi connectivity index (χ0n) is 9.51. The third-order valence-corrected chi connectivity index (χ3v) is 3.63. The molecular formula is C13H10O4S. The molecule has 4 nitrogen and oxygen atoms in total. The second kappa shape index (κ2) is 4.62. The van der Waals surface area contributed by atoms with Gasteiger partial charge < -0.3 is 10.2 Å². The van der Waals surface area contributed by atoms with E-state index in [1.165, 1.54) is 11.3 Å². The largest absolute Gasteiger partial charge is 0.478 e. The molecule has 92 valence electrons. The Hall–Kier alpha value is -2.14. The third kappa shape index (κ3) is 2.12. The number of thiophene rings is 1. The van der Waals surface area contributed by atoms with Gasteiger partial charge in [0.25, 0.3) is 0 Å². The van der Waals surface area contributed by atoms with Crippen LogP contribution in [0.15, 0.2) is 30.3 Å². The van der Waals surface area contributed by atoms with Crippen molar-refractivity contribution in [3.05, 3.63) is 40.8 Å². The first kappa shape index (κ1) is 12.3. The second-order valence-corrected chi connectivity index (χ2v) is 4.99. The van der Waals surface area contributed by atoms with E-state index in [0.717, 1.165) is 21.0 Å². The van der Waals surface area contributed by atoms with Crippen molar-refractivity contribution in [1.29, 1.82) is 0 Å². The number of hydrogen-bond acceptors (Lipinski definition) is 3. The van der Waals surface area contributed by atoms with Gasteiger partial charge in [0.15, 0.2) is 0 Å². The molecule has 2 aromatic rings. The number of carboxylic acids is 2. The monoisotopic (exact) mass is 262 g/mol. The standard InChI is InChI=1S/C13H10O4S/c1-7-12(9(13(16)17)6-11(14)15)8-4-2-3-5-10(8)18-7/h2-6H,1H3,(H,14,15)(H,16,17). The number of carboxylic acid groups (broad SMARTS) is 2. The van der Waals surface area contributed by atoms with E-state index in [1.54, 1.807) is 19.1 Å². The molecule has 5 heteroatoms. The van der Waals surface area contributed by atoms with Crippen LogP contribution in [-0.2, 0) is 9.59 Å². The van der Waals surface area contributed by atoms with Gasteiger partial charge in [-0.3, -0.25) is 0 Å². The van der Waals surface area contributed by atoms with Gasteiger partial charge >= 0.3 is 11.9 Å². The fourth-order valence-electron chi connectivity index (χ4n) is 1.87. The molecule has 1 heterocycles. The minimum atomic E-state index is -1.26. The van der Waals surface area contributed by atoms with E-state index in [-0.39, 0.29) is 5.57 Å². The van der Waals surface area contributed by atoms with Gasteiger partial charge in [0, 0.05) is 26.6 Å². The van der Waals surface area contributed by atoms with Crippen LogP contribution in [0, 0.1) is 6.92 Å². The maximum atomic E-state index is 11.2. The highest BCUT2D eigenvalue weighted by atomic mass is 32.1. The summed E-state index contributed by atoms with van der Waals surface area (Å²) in [5, 5.41) is 18.7. The van der Waals surface area contributed by atoms with E-state index in [1.807, 2.05) is 12.1 Å². The summed E-state index contributed by atoms with van der Waals surface area (Å²) in [6, 6.07) is 7.35. The van der Waals surface area contributed by atoms with Crippen molar-refractivity contribution in [2.24, 2.45) is 0 Å². The molecule has 2 rings (SSSR count). The van der Waals surface area contributed by atoms with Crippen LogP contribution in [0.2, 0.25) is 0 Å². The second-order valence-electron chi connectivity index (χ2n) is 3.73. The van der Waals surface area contributed by atoms with Crippen LogP contribution in [0.3, 0.4) is 0 Å². The molecule has 0 aliphatic carbocycles. The molecule has 0 spiro atoms. The number of carbonyl (C=O) groups is 2. The number of rotatable bonds is 3. The van der Waals surface area contributed by atoms with Crippen molar-refractivity contribution in [2.45, 2.75) is 6.92 Å². The van der Waals surface area contributed by atoms with E-state index < -0.39 is 11.9 Å². The number of aliphatic carboxylic acids is 2. The molecule has 0 aliphatic rings. The highest BCUT2D eigenvalue weighted by Gasteiger charge is 2.19. The molecule has 2 N–H and O–H groups in total. The van der Waals surface area contributed by atoms with E-state index in [2.05, 4.69) is 0 Å². The van der Waals surface area contributed by atoms with Crippen LogP contribution in [-0.4, -0.2) is 22.2 Å². The van der Waals surface area contributed by atoms with Crippen molar-refractivity contribution in [3.8, 4) is 0 Å². The predicted molar refractivity (Wildman–Crippen MR) is 69.8 cm³/mol. The fraction of sp³-hybridized carbons (Fsp3) is 0.0769. The molecule has 0 amide bonds. The number of hydrogen-bond donors (Lipinski definition) is 2. The van der Waals surface area contributed by atoms with Gasteiger partial charge in [-0.05, 0) is 13.0 Å². The third-order valence-electron chi connectivity index (χ3n) is 2.54. The van der Waals surface area contributed by atoms with Gasteiger partial charge in [0.1, 0.15) is 0 Å². The summed E-state index contributed by atoms with van der Waals surface area (Å²) in [6.45, 7) is 1.79. The summed E-state index contributed by atoms with van der Waals surface area (Å²) >= 11 is 1.45.